The van der Waals surface area contributed by atoms with Crippen molar-refractivity contribution in [1.29, 1.82) is 0 Å². The zero-order valence-electron chi connectivity index (χ0n) is 20.9. The fourth-order valence-electron chi connectivity index (χ4n) is 4.48. The molecule has 2 aliphatic rings. The van der Waals surface area contributed by atoms with Crippen molar-refractivity contribution in [3.8, 4) is 5.75 Å². The van der Waals surface area contributed by atoms with Crippen LogP contribution in [-0.2, 0) is 10.0 Å². The van der Waals surface area contributed by atoms with Crippen LogP contribution in [0.5, 0.6) is 5.75 Å². The van der Waals surface area contributed by atoms with Gasteiger partial charge in [-0.25, -0.2) is 12.8 Å². The van der Waals surface area contributed by atoms with Crippen molar-refractivity contribution in [2.45, 2.75) is 43.7 Å². The molecule has 1 saturated carbocycles. The number of hydrogen-bond acceptors (Lipinski definition) is 6. The smallest absolute Gasteiger partial charge is 0.262 e. The number of para-hydroxylation sites is 1. The molecule has 4 rings (SSSR count). The number of hydrogen-bond donors (Lipinski definition) is 2. The number of anilines is 1. The lowest BCUT2D eigenvalue weighted by Crippen LogP contribution is -2.50. The Morgan fingerprint density at radius 3 is 2.53 bits per heavy atom. The molecule has 3 atom stereocenters. The number of nitrogens with zero attached hydrogens (tertiary/aromatic N) is 2. The van der Waals surface area contributed by atoms with Crippen LogP contribution in [0, 0.1) is 17.7 Å². The summed E-state index contributed by atoms with van der Waals surface area (Å²) < 4.78 is 48.5. The second-order valence-electron chi connectivity index (χ2n) is 10.0. The van der Waals surface area contributed by atoms with E-state index in [-0.39, 0.29) is 46.4 Å². The van der Waals surface area contributed by atoms with E-state index in [4.69, 9.17) is 4.74 Å². The third-order valence-electron chi connectivity index (χ3n) is 6.82. The molecular weight excluding hydrogens is 485 g/mol. The maximum Gasteiger partial charge on any atom is 0.262 e. The number of amides is 1. The molecule has 1 heterocycles. The van der Waals surface area contributed by atoms with Gasteiger partial charge >= 0.3 is 0 Å². The third kappa shape index (κ3) is 5.99. The first kappa shape index (κ1) is 26.4. The minimum absolute atomic E-state index is 0.0838. The van der Waals surface area contributed by atoms with Gasteiger partial charge in [-0.15, -0.1) is 0 Å². The standard InChI is InChI=1S/C26H34FN3O5S/c1-17-13-30(18(2)16-31)26(32)22-5-4-6-23(28-36(33,34)21-11-9-20(27)10-12-21)25(22)35-24(17)15-29(3)14-19-7-8-19/h4-6,9-12,17-19,24,28,31H,7-8,13-16H2,1-3H3/t17-,18-,24-/m1/s1. The summed E-state index contributed by atoms with van der Waals surface area (Å²) in [6.07, 6.45) is 2.12. The lowest BCUT2D eigenvalue weighted by molar-refractivity contribution is 0.0346. The molecule has 0 bridgehead atoms. The first-order valence-corrected chi connectivity index (χ1v) is 13.8. The van der Waals surface area contributed by atoms with E-state index in [0.29, 0.717) is 19.0 Å². The largest absolute Gasteiger partial charge is 0.486 e. The molecule has 36 heavy (non-hydrogen) atoms. The van der Waals surface area contributed by atoms with Gasteiger partial charge in [0.05, 0.1) is 28.8 Å². The van der Waals surface area contributed by atoms with E-state index in [0.717, 1.165) is 18.7 Å². The summed E-state index contributed by atoms with van der Waals surface area (Å²) in [6, 6.07) is 8.82. The molecule has 1 amide bonds. The predicted molar refractivity (Wildman–Crippen MR) is 135 cm³/mol. The van der Waals surface area contributed by atoms with Gasteiger partial charge in [-0.1, -0.05) is 13.0 Å². The van der Waals surface area contributed by atoms with Crippen molar-refractivity contribution < 1.29 is 27.4 Å². The van der Waals surface area contributed by atoms with Crippen LogP contribution < -0.4 is 9.46 Å². The van der Waals surface area contributed by atoms with Crippen LogP contribution in [0.3, 0.4) is 0 Å². The van der Waals surface area contributed by atoms with Gasteiger partial charge in [0, 0.05) is 25.6 Å². The highest BCUT2D eigenvalue weighted by Crippen LogP contribution is 2.36. The number of aliphatic hydroxyl groups is 1. The van der Waals surface area contributed by atoms with Gasteiger partial charge in [0.25, 0.3) is 15.9 Å². The second-order valence-corrected chi connectivity index (χ2v) is 11.7. The van der Waals surface area contributed by atoms with Gasteiger partial charge in [0.2, 0.25) is 0 Å². The molecular formula is C26H34FN3O5S. The Hall–Kier alpha value is -2.69. The van der Waals surface area contributed by atoms with Crippen LogP contribution >= 0.6 is 0 Å². The number of carbonyl (C=O) groups excluding carboxylic acids is 1. The summed E-state index contributed by atoms with van der Waals surface area (Å²) in [5.41, 5.74) is 0.349. The number of benzene rings is 2. The van der Waals surface area contributed by atoms with E-state index in [9.17, 15) is 22.7 Å². The van der Waals surface area contributed by atoms with Gasteiger partial charge in [0.15, 0.2) is 5.75 Å². The van der Waals surface area contributed by atoms with E-state index in [1.54, 1.807) is 30.0 Å². The van der Waals surface area contributed by atoms with Gasteiger partial charge < -0.3 is 19.6 Å². The van der Waals surface area contributed by atoms with E-state index < -0.39 is 21.9 Å². The summed E-state index contributed by atoms with van der Waals surface area (Å²) >= 11 is 0. The maximum absolute atomic E-state index is 13.5. The van der Waals surface area contributed by atoms with Gasteiger partial charge in [-0.3, -0.25) is 9.52 Å². The molecule has 2 N–H and O–H groups in total. The Bertz CT molecular complexity index is 1190. The van der Waals surface area contributed by atoms with E-state index in [1.807, 2.05) is 14.0 Å². The summed E-state index contributed by atoms with van der Waals surface area (Å²) in [4.78, 5) is 17.3. The molecule has 2 aromatic carbocycles. The van der Waals surface area contributed by atoms with Crippen molar-refractivity contribution in [2.75, 3.05) is 38.0 Å². The van der Waals surface area contributed by atoms with Crippen LogP contribution in [0.15, 0.2) is 47.4 Å². The highest BCUT2D eigenvalue weighted by Gasteiger charge is 2.35. The van der Waals surface area contributed by atoms with E-state index in [2.05, 4.69) is 9.62 Å². The van der Waals surface area contributed by atoms with Crippen molar-refractivity contribution in [3.05, 3.63) is 53.8 Å². The number of likely N-dealkylation sites (N-methyl/N-ethyl adjacent to an activating group) is 1. The number of carbonyl (C=O) groups is 1. The fourth-order valence-corrected chi connectivity index (χ4v) is 5.54. The van der Waals surface area contributed by atoms with Crippen molar-refractivity contribution in [1.82, 2.24) is 9.80 Å². The Kier molecular flexibility index (Phi) is 7.87. The van der Waals surface area contributed by atoms with Gasteiger partial charge in [-0.05, 0) is 69.1 Å². The van der Waals surface area contributed by atoms with Gasteiger partial charge in [-0.2, -0.15) is 0 Å². The monoisotopic (exact) mass is 519 g/mol. The molecule has 0 spiro atoms. The molecule has 8 nitrogen and oxygen atoms in total. The van der Waals surface area contributed by atoms with Crippen molar-refractivity contribution in [2.24, 2.45) is 11.8 Å². The first-order valence-electron chi connectivity index (χ1n) is 12.3. The predicted octanol–water partition coefficient (Wildman–Crippen LogP) is 3.19. The average molecular weight is 520 g/mol. The summed E-state index contributed by atoms with van der Waals surface area (Å²) in [5, 5.41) is 9.82. The second kappa shape index (κ2) is 10.7. The molecule has 0 saturated heterocycles. The molecule has 0 unspecified atom stereocenters. The zero-order chi connectivity index (χ0) is 26.0. The summed E-state index contributed by atoms with van der Waals surface area (Å²) in [6.45, 7) is 5.53. The van der Waals surface area contributed by atoms with Crippen LogP contribution in [0.25, 0.3) is 0 Å². The Morgan fingerprint density at radius 2 is 1.89 bits per heavy atom. The van der Waals surface area contributed by atoms with Crippen LogP contribution in [0.2, 0.25) is 0 Å². The number of rotatable bonds is 9. The number of halogens is 1. The normalized spacial score (nSPS) is 21.4. The summed E-state index contributed by atoms with van der Waals surface area (Å²) in [5.74, 6) is -0.125. The molecule has 2 aromatic rings. The maximum atomic E-state index is 13.5. The average Bonchev–Trinajstić information content (AvgIpc) is 3.65. The van der Waals surface area contributed by atoms with Crippen molar-refractivity contribution >= 4 is 21.6 Å². The Morgan fingerprint density at radius 1 is 1.19 bits per heavy atom. The lowest BCUT2D eigenvalue weighted by Gasteiger charge is -2.38. The summed E-state index contributed by atoms with van der Waals surface area (Å²) in [7, 11) is -2.03. The van der Waals surface area contributed by atoms with E-state index in [1.165, 1.54) is 25.0 Å². The highest BCUT2D eigenvalue weighted by atomic mass is 32.2. The number of sulfonamides is 1. The van der Waals surface area contributed by atoms with Crippen LogP contribution in [-0.4, -0.2) is 74.7 Å². The van der Waals surface area contributed by atoms with Crippen LogP contribution in [0.1, 0.15) is 37.0 Å². The molecule has 1 fully saturated rings. The zero-order valence-corrected chi connectivity index (χ0v) is 21.7. The Labute approximate surface area is 212 Å². The molecule has 1 aliphatic heterocycles. The lowest BCUT2D eigenvalue weighted by atomic mass is 9.99. The molecule has 10 heteroatoms. The van der Waals surface area contributed by atoms with Crippen molar-refractivity contribution in [3.63, 3.8) is 0 Å². The molecule has 0 radical (unpaired) electrons. The first-order chi connectivity index (χ1) is 17.1. The molecule has 1 aliphatic carbocycles. The quantitative estimate of drug-likeness (QED) is 0.528. The van der Waals surface area contributed by atoms with Crippen LogP contribution in [0.4, 0.5) is 10.1 Å². The number of ether oxygens (including phenoxy) is 1. The SMILES string of the molecule is C[C@@H]1CN([C@H](C)CO)C(=O)c2cccc(NS(=O)(=O)c3ccc(F)cc3)c2O[C@@H]1CN(C)CC1CC1. The fraction of sp³-hybridized carbons (Fsp3) is 0.500. The molecule has 0 aromatic heterocycles. The Balaban J connectivity index is 1.72. The van der Waals surface area contributed by atoms with Gasteiger partial charge in [0.1, 0.15) is 11.9 Å². The number of fused-ring (bicyclic) bond motifs is 1. The van der Waals surface area contributed by atoms with E-state index >= 15 is 0 Å². The minimum atomic E-state index is -4.07. The minimum Gasteiger partial charge on any atom is -0.486 e. The highest BCUT2D eigenvalue weighted by molar-refractivity contribution is 7.92. The number of nitrogens with one attached hydrogen (secondary N) is 1. The number of aliphatic hydroxyl groups excluding tert-OH is 1. The topological polar surface area (TPSA) is 99.2 Å². The third-order valence-corrected chi connectivity index (χ3v) is 8.20. The molecule has 196 valence electrons.